The maximum Gasteiger partial charge on any atom is 0.339 e. The minimum atomic E-state index is -3.93. The molecular formula is C20H16N2O3S. The summed E-state index contributed by atoms with van der Waals surface area (Å²) in [6, 6.07) is 21.1. The van der Waals surface area contributed by atoms with E-state index >= 15 is 0 Å². The van der Waals surface area contributed by atoms with Crippen LogP contribution in [0.4, 0.5) is 0 Å². The summed E-state index contributed by atoms with van der Waals surface area (Å²) in [5, 5.41) is 0. The summed E-state index contributed by atoms with van der Waals surface area (Å²) in [6.07, 6.45) is 0. The molecule has 0 saturated heterocycles. The SMILES string of the molecule is Cc1ccc(S(=O)(=O)Oc2ccccc2-c2nc3ccccc3[nH]2)cc1. The number of H-pyrrole nitrogens is 1. The first-order chi connectivity index (χ1) is 12.5. The highest BCUT2D eigenvalue weighted by atomic mass is 32.2. The Balaban J connectivity index is 1.75. The summed E-state index contributed by atoms with van der Waals surface area (Å²) in [7, 11) is -3.93. The summed E-state index contributed by atoms with van der Waals surface area (Å²) in [5.41, 5.74) is 3.24. The van der Waals surface area contributed by atoms with Gasteiger partial charge in [-0.1, -0.05) is 42.0 Å². The molecular weight excluding hydrogens is 348 g/mol. The fourth-order valence-corrected chi connectivity index (χ4v) is 3.63. The van der Waals surface area contributed by atoms with Crippen molar-refractivity contribution in [1.29, 1.82) is 0 Å². The molecule has 3 aromatic carbocycles. The van der Waals surface area contributed by atoms with E-state index in [1.807, 2.05) is 37.3 Å². The van der Waals surface area contributed by atoms with Crippen LogP contribution in [0.25, 0.3) is 22.4 Å². The molecule has 26 heavy (non-hydrogen) atoms. The standard InChI is InChI=1S/C20H16N2O3S/c1-14-10-12-15(13-11-14)26(23,24)25-19-9-5-2-6-16(19)20-21-17-7-3-4-8-18(17)22-20/h2-13H,1H3,(H,21,22). The number of aromatic amines is 1. The lowest BCUT2D eigenvalue weighted by molar-refractivity contribution is 0.487. The van der Waals surface area contributed by atoms with Gasteiger partial charge < -0.3 is 9.17 Å². The zero-order valence-electron chi connectivity index (χ0n) is 14.0. The smallest absolute Gasteiger partial charge is 0.339 e. The molecule has 1 N–H and O–H groups in total. The predicted molar refractivity (Wildman–Crippen MR) is 101 cm³/mol. The molecule has 0 unspecified atom stereocenters. The number of rotatable bonds is 4. The molecule has 1 heterocycles. The van der Waals surface area contributed by atoms with Crippen LogP contribution in [0.2, 0.25) is 0 Å². The van der Waals surface area contributed by atoms with E-state index in [1.54, 1.807) is 30.3 Å². The molecule has 4 aromatic rings. The second-order valence-corrected chi connectivity index (χ2v) is 7.50. The van der Waals surface area contributed by atoms with Gasteiger partial charge in [0.2, 0.25) is 0 Å². The van der Waals surface area contributed by atoms with Gasteiger partial charge in [-0.05, 0) is 43.3 Å². The number of benzene rings is 3. The van der Waals surface area contributed by atoms with Gasteiger partial charge in [0.15, 0.2) is 5.75 Å². The Morgan fingerprint density at radius 2 is 1.58 bits per heavy atom. The number of imidazole rings is 1. The Kier molecular flexibility index (Phi) is 3.97. The van der Waals surface area contributed by atoms with E-state index in [-0.39, 0.29) is 10.6 Å². The number of aromatic nitrogens is 2. The molecule has 0 aliphatic rings. The van der Waals surface area contributed by atoms with E-state index < -0.39 is 10.1 Å². The van der Waals surface area contributed by atoms with Gasteiger partial charge in [-0.3, -0.25) is 0 Å². The van der Waals surface area contributed by atoms with Crippen LogP contribution in [0.15, 0.2) is 77.7 Å². The van der Waals surface area contributed by atoms with Crippen molar-refractivity contribution in [2.45, 2.75) is 11.8 Å². The molecule has 0 aliphatic carbocycles. The van der Waals surface area contributed by atoms with Gasteiger partial charge in [0, 0.05) is 0 Å². The molecule has 0 fully saturated rings. The van der Waals surface area contributed by atoms with E-state index in [1.165, 1.54) is 12.1 Å². The average molecular weight is 364 g/mol. The summed E-state index contributed by atoms with van der Waals surface area (Å²) < 4.78 is 30.7. The van der Waals surface area contributed by atoms with Crippen LogP contribution in [0.3, 0.4) is 0 Å². The van der Waals surface area contributed by atoms with Gasteiger partial charge in [-0.2, -0.15) is 8.42 Å². The van der Waals surface area contributed by atoms with Crippen LogP contribution in [0.1, 0.15) is 5.56 Å². The van der Waals surface area contributed by atoms with Gasteiger partial charge in [0.25, 0.3) is 0 Å². The van der Waals surface area contributed by atoms with E-state index in [2.05, 4.69) is 9.97 Å². The molecule has 0 bridgehead atoms. The van der Waals surface area contributed by atoms with Crippen molar-refractivity contribution in [3.05, 3.63) is 78.4 Å². The van der Waals surface area contributed by atoms with Crippen LogP contribution in [-0.4, -0.2) is 18.4 Å². The third-order valence-electron chi connectivity index (χ3n) is 4.04. The topological polar surface area (TPSA) is 72.1 Å². The van der Waals surface area contributed by atoms with Crippen LogP contribution in [-0.2, 0) is 10.1 Å². The maximum atomic E-state index is 12.6. The van der Waals surface area contributed by atoms with E-state index in [9.17, 15) is 8.42 Å². The molecule has 5 nitrogen and oxygen atoms in total. The summed E-state index contributed by atoms with van der Waals surface area (Å²) in [5.74, 6) is 0.785. The second-order valence-electron chi connectivity index (χ2n) is 5.95. The third-order valence-corrected chi connectivity index (χ3v) is 5.29. The largest absolute Gasteiger partial charge is 0.378 e. The Morgan fingerprint density at radius 1 is 0.885 bits per heavy atom. The van der Waals surface area contributed by atoms with Crippen molar-refractivity contribution in [1.82, 2.24) is 9.97 Å². The monoisotopic (exact) mass is 364 g/mol. The molecule has 130 valence electrons. The van der Waals surface area contributed by atoms with Crippen molar-refractivity contribution in [2.75, 3.05) is 0 Å². The minimum absolute atomic E-state index is 0.113. The lowest BCUT2D eigenvalue weighted by Crippen LogP contribution is -2.10. The van der Waals surface area contributed by atoms with Crippen molar-refractivity contribution >= 4 is 21.2 Å². The summed E-state index contributed by atoms with van der Waals surface area (Å²) >= 11 is 0. The lowest BCUT2D eigenvalue weighted by atomic mass is 10.2. The third kappa shape index (κ3) is 3.07. The lowest BCUT2D eigenvalue weighted by Gasteiger charge is -2.10. The molecule has 4 rings (SSSR count). The number of hydrogen-bond donors (Lipinski definition) is 1. The highest BCUT2D eigenvalue weighted by Gasteiger charge is 2.20. The van der Waals surface area contributed by atoms with Crippen LogP contribution in [0.5, 0.6) is 5.75 Å². The van der Waals surface area contributed by atoms with Crippen LogP contribution in [0, 0.1) is 6.92 Å². The van der Waals surface area contributed by atoms with Gasteiger partial charge >= 0.3 is 10.1 Å². The van der Waals surface area contributed by atoms with Gasteiger partial charge in [-0.25, -0.2) is 4.98 Å². The molecule has 0 atom stereocenters. The van der Waals surface area contributed by atoms with Crippen LogP contribution >= 0.6 is 0 Å². The molecule has 0 aliphatic heterocycles. The van der Waals surface area contributed by atoms with E-state index in [4.69, 9.17) is 4.18 Å². The maximum absolute atomic E-state index is 12.6. The Morgan fingerprint density at radius 3 is 2.35 bits per heavy atom. The minimum Gasteiger partial charge on any atom is -0.378 e. The zero-order chi connectivity index (χ0) is 18.1. The summed E-state index contributed by atoms with van der Waals surface area (Å²) in [6.45, 7) is 1.90. The van der Waals surface area contributed by atoms with Gasteiger partial charge in [0.05, 0.1) is 16.6 Å². The second kappa shape index (κ2) is 6.31. The van der Waals surface area contributed by atoms with E-state index in [0.717, 1.165) is 16.6 Å². The van der Waals surface area contributed by atoms with E-state index in [0.29, 0.717) is 11.4 Å². The van der Waals surface area contributed by atoms with Gasteiger partial charge in [0.1, 0.15) is 10.7 Å². The van der Waals surface area contributed by atoms with Crippen molar-refractivity contribution < 1.29 is 12.6 Å². The average Bonchev–Trinajstić information content (AvgIpc) is 3.06. The Labute approximate surface area is 151 Å². The molecule has 0 spiro atoms. The van der Waals surface area contributed by atoms with Crippen molar-refractivity contribution in [3.63, 3.8) is 0 Å². The van der Waals surface area contributed by atoms with Crippen molar-refractivity contribution in [3.8, 4) is 17.1 Å². The number of fused-ring (bicyclic) bond motifs is 1. The fraction of sp³-hybridized carbons (Fsp3) is 0.0500. The highest BCUT2D eigenvalue weighted by Crippen LogP contribution is 2.31. The normalized spacial score (nSPS) is 11.6. The first-order valence-electron chi connectivity index (χ1n) is 8.08. The quantitative estimate of drug-likeness (QED) is 0.548. The Hall–Kier alpha value is -3.12. The number of nitrogens with zero attached hydrogens (tertiary/aromatic N) is 1. The highest BCUT2D eigenvalue weighted by molar-refractivity contribution is 7.87. The number of para-hydroxylation sites is 3. The molecule has 0 saturated carbocycles. The fourth-order valence-electron chi connectivity index (χ4n) is 2.69. The number of hydrogen-bond acceptors (Lipinski definition) is 4. The molecule has 1 aromatic heterocycles. The number of aryl methyl sites for hydroxylation is 1. The van der Waals surface area contributed by atoms with Gasteiger partial charge in [-0.15, -0.1) is 0 Å². The first kappa shape index (κ1) is 16.4. The number of nitrogens with one attached hydrogen (secondary N) is 1. The molecule has 0 radical (unpaired) electrons. The van der Waals surface area contributed by atoms with Crippen LogP contribution < -0.4 is 4.18 Å². The molecule has 0 amide bonds. The first-order valence-corrected chi connectivity index (χ1v) is 9.49. The predicted octanol–water partition coefficient (Wildman–Crippen LogP) is 4.31. The summed E-state index contributed by atoms with van der Waals surface area (Å²) in [4.78, 5) is 7.84. The zero-order valence-corrected chi connectivity index (χ0v) is 14.8. The molecule has 6 heteroatoms. The Bertz CT molecular complexity index is 1150. The van der Waals surface area contributed by atoms with Crippen molar-refractivity contribution in [2.24, 2.45) is 0 Å².